The van der Waals surface area contributed by atoms with E-state index in [1.165, 1.54) is 19.0 Å². The maximum atomic E-state index is 5.98. The largest absolute Gasteiger partial charge is 0.366 e. The Labute approximate surface area is 113 Å². The summed E-state index contributed by atoms with van der Waals surface area (Å²) in [5.41, 5.74) is 0. The van der Waals surface area contributed by atoms with E-state index in [1.807, 2.05) is 0 Å². The van der Waals surface area contributed by atoms with Gasteiger partial charge in [-0.3, -0.25) is 0 Å². The van der Waals surface area contributed by atoms with Gasteiger partial charge in [-0.2, -0.15) is 4.98 Å². The van der Waals surface area contributed by atoms with Gasteiger partial charge in [-0.1, -0.05) is 38.3 Å². The summed E-state index contributed by atoms with van der Waals surface area (Å²) in [7, 11) is 0. The Bertz CT molecular complexity index is 356. The Hall–Kier alpha value is -0.540. The molecule has 0 fully saturated rings. The van der Waals surface area contributed by atoms with E-state index in [4.69, 9.17) is 23.2 Å². The summed E-state index contributed by atoms with van der Waals surface area (Å²) in [5.74, 6) is 1.36. The van der Waals surface area contributed by atoms with E-state index in [2.05, 4.69) is 36.1 Å². The van der Waals surface area contributed by atoms with E-state index in [1.54, 1.807) is 0 Å². The summed E-state index contributed by atoms with van der Waals surface area (Å²) < 4.78 is 0. The third-order valence-electron chi connectivity index (χ3n) is 2.52. The number of rotatable bonds is 6. The van der Waals surface area contributed by atoms with Crippen LogP contribution in [-0.4, -0.2) is 16.0 Å². The number of nitrogens with zero attached hydrogens (tertiary/aromatic N) is 2. The van der Waals surface area contributed by atoms with Gasteiger partial charge in [-0.05, 0) is 30.9 Å². The second kappa shape index (κ2) is 7.02. The van der Waals surface area contributed by atoms with Gasteiger partial charge in [-0.25, -0.2) is 4.98 Å². The Morgan fingerprint density at radius 2 is 1.94 bits per heavy atom. The Morgan fingerprint density at radius 1 is 1.24 bits per heavy atom. The first-order valence-corrected chi connectivity index (χ1v) is 6.69. The van der Waals surface area contributed by atoms with E-state index in [0.717, 1.165) is 12.3 Å². The van der Waals surface area contributed by atoms with Gasteiger partial charge >= 0.3 is 0 Å². The zero-order chi connectivity index (χ0) is 12.8. The molecule has 1 N–H and O–H groups in total. The number of aromatic nitrogens is 2. The molecule has 0 bridgehead atoms. The normalized spacial score (nSPS) is 12.8. The van der Waals surface area contributed by atoms with Crippen molar-refractivity contribution in [2.45, 2.75) is 46.1 Å². The molecule has 0 saturated carbocycles. The highest BCUT2D eigenvalue weighted by molar-refractivity contribution is 6.33. The molecule has 0 amide bonds. The van der Waals surface area contributed by atoms with Gasteiger partial charge in [-0.15, -0.1) is 0 Å². The molecule has 0 saturated heterocycles. The van der Waals surface area contributed by atoms with Crippen LogP contribution in [0.25, 0.3) is 0 Å². The molecule has 0 aliphatic rings. The molecular weight excluding hydrogens is 257 g/mol. The molecule has 0 aromatic carbocycles. The third kappa shape index (κ3) is 5.55. The minimum atomic E-state index is 0.214. The van der Waals surface area contributed by atoms with Crippen molar-refractivity contribution in [3.05, 3.63) is 16.5 Å². The van der Waals surface area contributed by atoms with Crippen molar-refractivity contribution in [2.24, 2.45) is 5.92 Å². The first-order valence-electron chi connectivity index (χ1n) is 5.93. The van der Waals surface area contributed by atoms with Crippen molar-refractivity contribution >= 4 is 29.0 Å². The lowest BCUT2D eigenvalue weighted by Gasteiger charge is -2.15. The molecule has 1 unspecified atom stereocenters. The minimum Gasteiger partial charge on any atom is -0.366 e. The maximum Gasteiger partial charge on any atom is 0.224 e. The van der Waals surface area contributed by atoms with Gasteiger partial charge in [0, 0.05) is 6.04 Å². The summed E-state index contributed by atoms with van der Waals surface area (Å²) in [6, 6.07) is 0.331. The predicted octanol–water partition coefficient (Wildman–Crippen LogP) is 4.41. The van der Waals surface area contributed by atoms with Crippen LogP contribution in [0.2, 0.25) is 10.3 Å². The Kier molecular flexibility index (Phi) is 6.00. The van der Waals surface area contributed by atoms with Gasteiger partial charge in [0.1, 0.15) is 10.8 Å². The zero-order valence-corrected chi connectivity index (χ0v) is 12.0. The summed E-state index contributed by atoms with van der Waals surface area (Å²) in [5, 5.41) is 3.98. The highest BCUT2D eigenvalue weighted by Crippen LogP contribution is 2.21. The minimum absolute atomic E-state index is 0.214. The van der Waals surface area contributed by atoms with Crippen molar-refractivity contribution in [3.8, 4) is 0 Å². The van der Waals surface area contributed by atoms with Crippen LogP contribution >= 0.6 is 23.2 Å². The van der Waals surface area contributed by atoms with Crippen molar-refractivity contribution in [1.82, 2.24) is 9.97 Å². The quantitative estimate of drug-likeness (QED) is 0.782. The second-order valence-corrected chi connectivity index (χ2v) is 5.45. The van der Waals surface area contributed by atoms with Gasteiger partial charge in [0.15, 0.2) is 0 Å². The van der Waals surface area contributed by atoms with Crippen molar-refractivity contribution in [3.63, 3.8) is 0 Å². The Balaban J connectivity index is 2.44. The van der Waals surface area contributed by atoms with Crippen LogP contribution in [0.5, 0.6) is 0 Å². The van der Waals surface area contributed by atoms with E-state index in [-0.39, 0.29) is 5.28 Å². The molecule has 1 heterocycles. The smallest absolute Gasteiger partial charge is 0.224 e. The van der Waals surface area contributed by atoms with Crippen LogP contribution in [0.15, 0.2) is 6.20 Å². The molecule has 0 aliphatic carbocycles. The molecule has 0 radical (unpaired) electrons. The fourth-order valence-corrected chi connectivity index (χ4v) is 1.86. The molecule has 0 spiro atoms. The Morgan fingerprint density at radius 3 is 2.59 bits per heavy atom. The molecule has 1 aromatic rings. The second-order valence-electron chi connectivity index (χ2n) is 4.71. The van der Waals surface area contributed by atoms with Gasteiger partial charge in [0.05, 0.1) is 6.20 Å². The lowest BCUT2D eigenvalue weighted by Crippen LogP contribution is -2.16. The molecule has 1 rings (SSSR count). The third-order valence-corrected chi connectivity index (χ3v) is 2.98. The SMILES string of the molecule is CC(C)CCCC(C)Nc1nc(Cl)ncc1Cl. The highest BCUT2D eigenvalue weighted by atomic mass is 35.5. The summed E-state index contributed by atoms with van der Waals surface area (Å²) in [4.78, 5) is 7.88. The first kappa shape index (κ1) is 14.5. The molecule has 96 valence electrons. The van der Waals surface area contributed by atoms with Crippen LogP contribution in [0.1, 0.15) is 40.0 Å². The first-order chi connectivity index (χ1) is 7.99. The molecule has 1 aromatic heterocycles. The van der Waals surface area contributed by atoms with Crippen LogP contribution in [0, 0.1) is 5.92 Å². The number of hydrogen-bond donors (Lipinski definition) is 1. The van der Waals surface area contributed by atoms with Crippen LogP contribution in [0.3, 0.4) is 0 Å². The topological polar surface area (TPSA) is 37.8 Å². The molecule has 1 atom stereocenters. The van der Waals surface area contributed by atoms with Crippen molar-refractivity contribution in [1.29, 1.82) is 0 Å². The molecule has 0 aliphatic heterocycles. The monoisotopic (exact) mass is 275 g/mol. The van der Waals surface area contributed by atoms with Gasteiger partial charge < -0.3 is 5.32 Å². The van der Waals surface area contributed by atoms with Gasteiger partial charge in [0.25, 0.3) is 0 Å². The fourth-order valence-electron chi connectivity index (χ4n) is 1.58. The number of nitrogens with one attached hydrogen (secondary N) is 1. The summed E-state index contributed by atoms with van der Waals surface area (Å²) in [6.07, 6.45) is 5.04. The van der Waals surface area contributed by atoms with Crippen molar-refractivity contribution in [2.75, 3.05) is 5.32 Å². The molecular formula is C12H19Cl2N3. The van der Waals surface area contributed by atoms with Crippen LogP contribution < -0.4 is 5.32 Å². The highest BCUT2D eigenvalue weighted by Gasteiger charge is 2.08. The van der Waals surface area contributed by atoms with E-state index < -0.39 is 0 Å². The number of hydrogen-bond acceptors (Lipinski definition) is 3. The average molecular weight is 276 g/mol. The van der Waals surface area contributed by atoms with Crippen LogP contribution in [-0.2, 0) is 0 Å². The van der Waals surface area contributed by atoms with E-state index >= 15 is 0 Å². The van der Waals surface area contributed by atoms with Crippen LogP contribution in [0.4, 0.5) is 5.82 Å². The standard InChI is InChI=1S/C12H19Cl2N3/c1-8(2)5-4-6-9(3)16-11-10(13)7-15-12(14)17-11/h7-9H,4-6H2,1-3H3,(H,15,16,17). The van der Waals surface area contributed by atoms with Crippen molar-refractivity contribution < 1.29 is 0 Å². The number of anilines is 1. The maximum absolute atomic E-state index is 5.98. The van der Waals surface area contributed by atoms with Gasteiger partial charge in [0.2, 0.25) is 5.28 Å². The molecule has 5 heteroatoms. The summed E-state index contributed by atoms with van der Waals surface area (Å²) in [6.45, 7) is 6.59. The predicted molar refractivity (Wildman–Crippen MR) is 73.8 cm³/mol. The molecule has 17 heavy (non-hydrogen) atoms. The fraction of sp³-hybridized carbons (Fsp3) is 0.667. The number of halogens is 2. The zero-order valence-electron chi connectivity index (χ0n) is 10.5. The average Bonchev–Trinajstić information content (AvgIpc) is 2.23. The molecule has 3 nitrogen and oxygen atoms in total. The van der Waals surface area contributed by atoms with E-state index in [9.17, 15) is 0 Å². The van der Waals surface area contributed by atoms with E-state index in [0.29, 0.717) is 16.9 Å². The summed E-state index contributed by atoms with van der Waals surface area (Å²) >= 11 is 11.7. The lowest BCUT2D eigenvalue weighted by molar-refractivity contribution is 0.520. The lowest BCUT2D eigenvalue weighted by atomic mass is 10.0.